The van der Waals surface area contributed by atoms with E-state index in [2.05, 4.69) is 17.2 Å². The predicted octanol–water partition coefficient (Wildman–Crippen LogP) is 2.13. The number of halogens is 1. The molecule has 0 aromatic carbocycles. The Labute approximate surface area is 106 Å². The van der Waals surface area contributed by atoms with E-state index in [4.69, 9.17) is 0 Å². The Kier molecular flexibility index (Phi) is 3.79. The minimum Gasteiger partial charge on any atom is -0.370 e. The molecule has 2 rings (SSSR count). The highest BCUT2D eigenvalue weighted by molar-refractivity contribution is 5.98. The third kappa shape index (κ3) is 2.60. The summed E-state index contributed by atoms with van der Waals surface area (Å²) in [6.45, 7) is 6.15. The molecule has 1 amide bonds. The normalized spacial score (nSPS) is 19.1. The summed E-state index contributed by atoms with van der Waals surface area (Å²) in [5.41, 5.74) is 0.325. The van der Waals surface area contributed by atoms with Gasteiger partial charge in [0.2, 0.25) is 0 Å². The van der Waals surface area contributed by atoms with Gasteiger partial charge in [0.25, 0.3) is 5.91 Å². The summed E-state index contributed by atoms with van der Waals surface area (Å²) in [7, 11) is 0. The first-order chi connectivity index (χ1) is 8.61. The van der Waals surface area contributed by atoms with Crippen LogP contribution in [-0.2, 0) is 0 Å². The number of hydrogen-bond donors (Lipinski definition) is 1. The van der Waals surface area contributed by atoms with Crippen LogP contribution < -0.4 is 5.32 Å². The highest BCUT2D eigenvalue weighted by atomic mass is 19.1. The van der Waals surface area contributed by atoms with Crippen molar-refractivity contribution in [3.63, 3.8) is 0 Å². The lowest BCUT2D eigenvalue weighted by Crippen LogP contribution is -2.29. The smallest absolute Gasteiger partial charge is 0.257 e. The minimum atomic E-state index is -0.479. The molecule has 0 bridgehead atoms. The van der Waals surface area contributed by atoms with Gasteiger partial charge in [-0.05, 0) is 25.3 Å². The van der Waals surface area contributed by atoms with Gasteiger partial charge in [-0.3, -0.25) is 4.79 Å². The van der Waals surface area contributed by atoms with E-state index in [1.54, 1.807) is 4.90 Å². The molecule has 0 spiro atoms. The Bertz CT molecular complexity index is 450. The average molecular weight is 251 g/mol. The number of carbonyl (C=O) groups is 1. The zero-order valence-corrected chi connectivity index (χ0v) is 10.7. The molecule has 1 aliphatic heterocycles. The largest absolute Gasteiger partial charge is 0.370 e. The third-order valence-electron chi connectivity index (χ3n) is 3.14. The Balaban J connectivity index is 2.25. The standard InChI is InChI=1S/C13H18FN3O/c1-3-15-12-11(6-10(14)7-16-12)13(18)17-5-4-9(2)8-17/h6-7,9H,3-5,8H2,1-2H3,(H,15,16). The van der Waals surface area contributed by atoms with Crippen LogP contribution in [-0.4, -0.2) is 35.4 Å². The summed E-state index contributed by atoms with van der Waals surface area (Å²) in [6.07, 6.45) is 2.13. The molecular formula is C13H18FN3O. The van der Waals surface area contributed by atoms with Crippen LogP contribution in [0.4, 0.5) is 10.2 Å². The van der Waals surface area contributed by atoms with E-state index >= 15 is 0 Å². The maximum absolute atomic E-state index is 13.3. The van der Waals surface area contributed by atoms with Gasteiger partial charge in [0, 0.05) is 19.6 Å². The van der Waals surface area contributed by atoms with Gasteiger partial charge in [0.1, 0.15) is 11.6 Å². The maximum Gasteiger partial charge on any atom is 0.257 e. The molecule has 0 saturated carbocycles. The molecule has 0 aliphatic carbocycles. The molecule has 1 atom stereocenters. The Morgan fingerprint density at radius 2 is 2.44 bits per heavy atom. The summed E-state index contributed by atoms with van der Waals surface area (Å²) >= 11 is 0. The van der Waals surface area contributed by atoms with E-state index in [-0.39, 0.29) is 5.91 Å². The summed E-state index contributed by atoms with van der Waals surface area (Å²) in [4.78, 5) is 18.0. The Morgan fingerprint density at radius 3 is 3.06 bits per heavy atom. The number of pyridine rings is 1. The molecule has 1 aliphatic rings. The highest BCUT2D eigenvalue weighted by Gasteiger charge is 2.26. The third-order valence-corrected chi connectivity index (χ3v) is 3.14. The molecule has 0 radical (unpaired) electrons. The van der Waals surface area contributed by atoms with Crippen molar-refractivity contribution < 1.29 is 9.18 Å². The van der Waals surface area contributed by atoms with Gasteiger partial charge in [-0.25, -0.2) is 9.37 Å². The van der Waals surface area contributed by atoms with Gasteiger partial charge >= 0.3 is 0 Å². The fourth-order valence-electron chi connectivity index (χ4n) is 2.20. The second-order valence-electron chi connectivity index (χ2n) is 4.73. The summed E-state index contributed by atoms with van der Waals surface area (Å²) in [6, 6.07) is 1.26. The molecule has 98 valence electrons. The zero-order chi connectivity index (χ0) is 13.1. The summed E-state index contributed by atoms with van der Waals surface area (Å²) < 4.78 is 13.3. The second kappa shape index (κ2) is 5.33. The fraction of sp³-hybridized carbons (Fsp3) is 0.538. The van der Waals surface area contributed by atoms with Gasteiger partial charge in [-0.1, -0.05) is 6.92 Å². The van der Waals surface area contributed by atoms with Crippen molar-refractivity contribution in [2.45, 2.75) is 20.3 Å². The molecule has 1 fully saturated rings. The van der Waals surface area contributed by atoms with E-state index in [0.29, 0.717) is 23.8 Å². The minimum absolute atomic E-state index is 0.137. The number of likely N-dealkylation sites (tertiary alicyclic amines) is 1. The number of nitrogens with zero attached hydrogens (tertiary/aromatic N) is 2. The number of nitrogens with one attached hydrogen (secondary N) is 1. The van der Waals surface area contributed by atoms with E-state index in [1.165, 1.54) is 6.07 Å². The van der Waals surface area contributed by atoms with Crippen LogP contribution >= 0.6 is 0 Å². The number of rotatable bonds is 3. The first-order valence-electron chi connectivity index (χ1n) is 6.30. The maximum atomic E-state index is 13.3. The molecule has 2 heterocycles. The lowest BCUT2D eigenvalue weighted by molar-refractivity contribution is 0.0788. The van der Waals surface area contributed by atoms with Crippen LogP contribution in [0.1, 0.15) is 30.6 Å². The topological polar surface area (TPSA) is 45.2 Å². The van der Waals surface area contributed by atoms with Crippen LogP contribution in [0.15, 0.2) is 12.3 Å². The van der Waals surface area contributed by atoms with Crippen molar-refractivity contribution in [2.75, 3.05) is 25.0 Å². The number of hydrogen-bond acceptors (Lipinski definition) is 3. The van der Waals surface area contributed by atoms with Gasteiger partial charge in [-0.15, -0.1) is 0 Å². The van der Waals surface area contributed by atoms with Crippen molar-refractivity contribution in [2.24, 2.45) is 5.92 Å². The lowest BCUT2D eigenvalue weighted by atomic mass is 10.2. The van der Waals surface area contributed by atoms with Crippen molar-refractivity contribution in [3.8, 4) is 0 Å². The lowest BCUT2D eigenvalue weighted by Gasteiger charge is -2.18. The van der Waals surface area contributed by atoms with Crippen molar-refractivity contribution in [3.05, 3.63) is 23.6 Å². The van der Waals surface area contributed by atoms with Crippen molar-refractivity contribution >= 4 is 11.7 Å². The van der Waals surface area contributed by atoms with E-state index in [0.717, 1.165) is 25.7 Å². The van der Waals surface area contributed by atoms with Crippen molar-refractivity contribution in [1.82, 2.24) is 9.88 Å². The molecule has 1 saturated heterocycles. The average Bonchev–Trinajstić information content (AvgIpc) is 2.77. The van der Waals surface area contributed by atoms with E-state index in [9.17, 15) is 9.18 Å². The van der Waals surface area contributed by atoms with Crippen LogP contribution in [0.5, 0.6) is 0 Å². The summed E-state index contributed by atoms with van der Waals surface area (Å²) in [5, 5.41) is 2.99. The molecule has 18 heavy (non-hydrogen) atoms. The molecule has 5 heteroatoms. The van der Waals surface area contributed by atoms with Crippen LogP contribution in [0.3, 0.4) is 0 Å². The van der Waals surface area contributed by atoms with Crippen LogP contribution in [0.2, 0.25) is 0 Å². The molecule has 1 unspecified atom stereocenters. The quantitative estimate of drug-likeness (QED) is 0.895. The predicted molar refractivity (Wildman–Crippen MR) is 68.0 cm³/mol. The molecule has 1 aromatic rings. The molecule has 1 aromatic heterocycles. The first kappa shape index (κ1) is 12.8. The monoisotopic (exact) mass is 251 g/mol. The number of carbonyl (C=O) groups excluding carboxylic acids is 1. The van der Waals surface area contributed by atoms with Gasteiger partial charge in [0.05, 0.1) is 11.8 Å². The SMILES string of the molecule is CCNc1ncc(F)cc1C(=O)N1CCC(C)C1. The van der Waals surface area contributed by atoms with Crippen LogP contribution in [0, 0.1) is 11.7 Å². The van der Waals surface area contributed by atoms with E-state index in [1.807, 2.05) is 6.92 Å². The van der Waals surface area contributed by atoms with Gasteiger partial charge < -0.3 is 10.2 Å². The first-order valence-corrected chi connectivity index (χ1v) is 6.30. The molecule has 1 N–H and O–H groups in total. The number of aromatic nitrogens is 1. The zero-order valence-electron chi connectivity index (χ0n) is 10.7. The van der Waals surface area contributed by atoms with Gasteiger partial charge in [-0.2, -0.15) is 0 Å². The fourth-order valence-corrected chi connectivity index (χ4v) is 2.20. The van der Waals surface area contributed by atoms with Crippen LogP contribution in [0.25, 0.3) is 0 Å². The number of anilines is 1. The Hall–Kier alpha value is -1.65. The molecular weight excluding hydrogens is 233 g/mol. The van der Waals surface area contributed by atoms with Crippen molar-refractivity contribution in [1.29, 1.82) is 0 Å². The van der Waals surface area contributed by atoms with Gasteiger partial charge in [0.15, 0.2) is 0 Å². The second-order valence-corrected chi connectivity index (χ2v) is 4.73. The summed E-state index contributed by atoms with van der Waals surface area (Å²) in [5.74, 6) is 0.357. The highest BCUT2D eigenvalue weighted by Crippen LogP contribution is 2.21. The Morgan fingerprint density at radius 1 is 1.67 bits per heavy atom. The number of amides is 1. The molecule has 4 nitrogen and oxygen atoms in total. The van der Waals surface area contributed by atoms with E-state index < -0.39 is 5.82 Å².